The maximum atomic E-state index is 5.92. The lowest BCUT2D eigenvalue weighted by Gasteiger charge is -2.14. The van der Waals surface area contributed by atoms with Gasteiger partial charge < -0.3 is 10.5 Å². The zero-order chi connectivity index (χ0) is 13.8. The highest BCUT2D eigenvalue weighted by Crippen LogP contribution is 2.28. The summed E-state index contributed by atoms with van der Waals surface area (Å²) in [6, 6.07) is 10.1. The standard InChI is InChI=1S/C16H20N2O/c1-11(2)14-6-4-12(3)8-15(14)19-10-13-5-7-16(17)18-9-13/h4-9,11H,10H2,1-3H3,(H2,17,18). The maximum Gasteiger partial charge on any atom is 0.123 e. The molecule has 0 spiro atoms. The van der Waals surface area contributed by atoms with Crippen LogP contribution in [0.25, 0.3) is 0 Å². The smallest absolute Gasteiger partial charge is 0.123 e. The van der Waals surface area contributed by atoms with Crippen LogP contribution in [0, 0.1) is 6.92 Å². The molecule has 1 heterocycles. The highest BCUT2D eigenvalue weighted by atomic mass is 16.5. The Labute approximate surface area is 114 Å². The second-order valence-corrected chi connectivity index (χ2v) is 5.08. The highest BCUT2D eigenvalue weighted by Gasteiger charge is 2.08. The van der Waals surface area contributed by atoms with Gasteiger partial charge in [-0.25, -0.2) is 4.98 Å². The number of hydrogen-bond donors (Lipinski definition) is 1. The first-order chi connectivity index (χ1) is 9.06. The van der Waals surface area contributed by atoms with Gasteiger partial charge in [0.05, 0.1) is 0 Å². The lowest BCUT2D eigenvalue weighted by Crippen LogP contribution is -2.01. The number of aromatic nitrogens is 1. The molecule has 2 N–H and O–H groups in total. The van der Waals surface area contributed by atoms with Crippen LogP contribution < -0.4 is 10.5 Å². The van der Waals surface area contributed by atoms with Gasteiger partial charge in [0.15, 0.2) is 0 Å². The Balaban J connectivity index is 2.14. The second kappa shape index (κ2) is 5.74. The average molecular weight is 256 g/mol. The van der Waals surface area contributed by atoms with Crippen LogP contribution in [0.4, 0.5) is 5.82 Å². The van der Waals surface area contributed by atoms with E-state index in [4.69, 9.17) is 10.5 Å². The minimum atomic E-state index is 0.445. The summed E-state index contributed by atoms with van der Waals surface area (Å²) in [6.07, 6.45) is 1.75. The van der Waals surface area contributed by atoms with Crippen LogP contribution in [0.2, 0.25) is 0 Å². The molecule has 2 aromatic rings. The summed E-state index contributed by atoms with van der Waals surface area (Å²) in [4.78, 5) is 4.06. The fraction of sp³-hybridized carbons (Fsp3) is 0.312. The Kier molecular flexibility index (Phi) is 4.05. The van der Waals surface area contributed by atoms with Crippen molar-refractivity contribution in [3.8, 4) is 5.75 Å². The van der Waals surface area contributed by atoms with Crippen molar-refractivity contribution in [3.05, 3.63) is 53.2 Å². The van der Waals surface area contributed by atoms with E-state index in [0.717, 1.165) is 11.3 Å². The van der Waals surface area contributed by atoms with E-state index >= 15 is 0 Å². The van der Waals surface area contributed by atoms with Crippen molar-refractivity contribution in [2.24, 2.45) is 0 Å². The summed E-state index contributed by atoms with van der Waals surface area (Å²) >= 11 is 0. The third-order valence-corrected chi connectivity index (χ3v) is 3.03. The Morgan fingerprint density at radius 2 is 2.00 bits per heavy atom. The Hall–Kier alpha value is -2.03. The molecule has 0 aliphatic heterocycles. The molecule has 1 aromatic heterocycles. The maximum absolute atomic E-state index is 5.92. The third-order valence-electron chi connectivity index (χ3n) is 3.03. The van der Waals surface area contributed by atoms with Gasteiger partial charge in [-0.15, -0.1) is 0 Å². The van der Waals surface area contributed by atoms with Crippen LogP contribution in [0.1, 0.15) is 36.5 Å². The SMILES string of the molecule is Cc1ccc(C(C)C)c(OCc2ccc(N)nc2)c1. The molecular formula is C16H20N2O. The summed E-state index contributed by atoms with van der Waals surface area (Å²) in [7, 11) is 0. The molecule has 0 saturated heterocycles. The summed E-state index contributed by atoms with van der Waals surface area (Å²) in [5.74, 6) is 1.93. The van der Waals surface area contributed by atoms with Gasteiger partial charge in [-0.05, 0) is 36.1 Å². The normalized spacial score (nSPS) is 10.7. The molecule has 3 nitrogen and oxygen atoms in total. The van der Waals surface area contributed by atoms with Crippen LogP contribution in [0.3, 0.4) is 0 Å². The number of aryl methyl sites for hydroxylation is 1. The van der Waals surface area contributed by atoms with Gasteiger partial charge in [0.2, 0.25) is 0 Å². The number of anilines is 1. The van der Waals surface area contributed by atoms with Gasteiger partial charge in [0, 0.05) is 11.8 Å². The lowest BCUT2D eigenvalue weighted by molar-refractivity contribution is 0.301. The Bertz CT molecular complexity index is 547. The van der Waals surface area contributed by atoms with Crippen molar-refractivity contribution in [3.63, 3.8) is 0 Å². The molecule has 1 aromatic carbocycles. The molecule has 0 aliphatic rings. The number of benzene rings is 1. The first-order valence-corrected chi connectivity index (χ1v) is 6.50. The molecule has 0 fully saturated rings. The van der Waals surface area contributed by atoms with Gasteiger partial charge in [0.25, 0.3) is 0 Å². The van der Waals surface area contributed by atoms with Crippen molar-refractivity contribution in [2.45, 2.75) is 33.3 Å². The van der Waals surface area contributed by atoms with Gasteiger partial charge in [-0.1, -0.05) is 32.0 Å². The van der Waals surface area contributed by atoms with Crippen LogP contribution in [0.5, 0.6) is 5.75 Å². The number of nitrogen functional groups attached to an aromatic ring is 1. The minimum Gasteiger partial charge on any atom is -0.489 e. The quantitative estimate of drug-likeness (QED) is 0.907. The van der Waals surface area contributed by atoms with Crippen molar-refractivity contribution in [1.82, 2.24) is 4.98 Å². The molecule has 3 heteroatoms. The Morgan fingerprint density at radius 3 is 2.63 bits per heavy atom. The van der Waals surface area contributed by atoms with Gasteiger partial charge in [0.1, 0.15) is 18.2 Å². The first kappa shape index (κ1) is 13.4. The van der Waals surface area contributed by atoms with Crippen molar-refractivity contribution in [1.29, 1.82) is 0 Å². The number of rotatable bonds is 4. The predicted octanol–water partition coefficient (Wildman–Crippen LogP) is 3.67. The topological polar surface area (TPSA) is 48.1 Å². The summed E-state index contributed by atoms with van der Waals surface area (Å²) < 4.78 is 5.92. The van der Waals surface area contributed by atoms with E-state index in [1.165, 1.54) is 11.1 Å². The predicted molar refractivity (Wildman–Crippen MR) is 78.2 cm³/mol. The largest absolute Gasteiger partial charge is 0.489 e. The summed E-state index contributed by atoms with van der Waals surface area (Å²) in [5.41, 5.74) is 9.02. The number of nitrogens with zero attached hydrogens (tertiary/aromatic N) is 1. The number of nitrogens with two attached hydrogens (primary N) is 1. The van der Waals surface area contributed by atoms with Crippen LogP contribution in [-0.2, 0) is 6.61 Å². The molecular weight excluding hydrogens is 236 g/mol. The van der Waals surface area contributed by atoms with Crippen LogP contribution >= 0.6 is 0 Å². The molecule has 100 valence electrons. The zero-order valence-corrected chi connectivity index (χ0v) is 11.7. The van der Waals surface area contributed by atoms with Crippen molar-refractivity contribution < 1.29 is 4.74 Å². The van der Waals surface area contributed by atoms with Crippen LogP contribution in [0.15, 0.2) is 36.5 Å². The molecule has 0 amide bonds. The Morgan fingerprint density at radius 1 is 1.21 bits per heavy atom. The number of ether oxygens (including phenoxy) is 1. The molecule has 19 heavy (non-hydrogen) atoms. The van der Waals surface area contributed by atoms with Crippen molar-refractivity contribution in [2.75, 3.05) is 5.73 Å². The number of pyridine rings is 1. The fourth-order valence-corrected chi connectivity index (χ4v) is 1.93. The molecule has 0 radical (unpaired) electrons. The van der Waals surface area contributed by atoms with Gasteiger partial charge in [-0.3, -0.25) is 0 Å². The minimum absolute atomic E-state index is 0.445. The summed E-state index contributed by atoms with van der Waals surface area (Å²) in [6.45, 7) is 6.92. The van der Waals surface area contributed by atoms with E-state index in [1.807, 2.05) is 6.07 Å². The van der Waals surface area contributed by atoms with E-state index in [2.05, 4.69) is 44.0 Å². The monoisotopic (exact) mass is 256 g/mol. The average Bonchev–Trinajstić information content (AvgIpc) is 2.38. The van der Waals surface area contributed by atoms with Gasteiger partial charge >= 0.3 is 0 Å². The molecule has 0 saturated carbocycles. The summed E-state index contributed by atoms with van der Waals surface area (Å²) in [5, 5.41) is 0. The van der Waals surface area contributed by atoms with E-state index in [1.54, 1.807) is 12.3 Å². The molecule has 0 bridgehead atoms. The third kappa shape index (κ3) is 3.47. The zero-order valence-electron chi connectivity index (χ0n) is 11.7. The first-order valence-electron chi connectivity index (χ1n) is 6.50. The molecule has 0 unspecified atom stereocenters. The molecule has 0 aliphatic carbocycles. The molecule has 0 atom stereocenters. The lowest BCUT2D eigenvalue weighted by atomic mass is 10.0. The van der Waals surface area contributed by atoms with E-state index in [-0.39, 0.29) is 0 Å². The van der Waals surface area contributed by atoms with E-state index < -0.39 is 0 Å². The van der Waals surface area contributed by atoms with Gasteiger partial charge in [-0.2, -0.15) is 0 Å². The number of hydrogen-bond acceptors (Lipinski definition) is 3. The fourth-order valence-electron chi connectivity index (χ4n) is 1.93. The van der Waals surface area contributed by atoms with Crippen molar-refractivity contribution >= 4 is 5.82 Å². The van der Waals surface area contributed by atoms with E-state index in [0.29, 0.717) is 18.3 Å². The highest BCUT2D eigenvalue weighted by molar-refractivity contribution is 5.39. The van der Waals surface area contributed by atoms with Crippen LogP contribution in [-0.4, -0.2) is 4.98 Å². The van der Waals surface area contributed by atoms with E-state index in [9.17, 15) is 0 Å². The second-order valence-electron chi connectivity index (χ2n) is 5.08. The molecule has 2 rings (SSSR count).